The maximum atomic E-state index is 12.4. The van der Waals surface area contributed by atoms with Gasteiger partial charge in [-0.05, 0) is 55.7 Å². The van der Waals surface area contributed by atoms with Crippen molar-refractivity contribution in [1.82, 2.24) is 0 Å². The predicted octanol–water partition coefficient (Wildman–Crippen LogP) is 2.61. The summed E-state index contributed by atoms with van der Waals surface area (Å²) in [6.45, 7) is 10.5. The van der Waals surface area contributed by atoms with Crippen LogP contribution in [-0.4, -0.2) is 38.6 Å². The van der Waals surface area contributed by atoms with Crippen LogP contribution >= 0.6 is 11.6 Å². The number of rotatable bonds is 4. The Hall–Kier alpha value is -2.04. The maximum absolute atomic E-state index is 12.4. The summed E-state index contributed by atoms with van der Waals surface area (Å²) in [7, 11) is 0. The van der Waals surface area contributed by atoms with Crippen molar-refractivity contribution in [3.8, 4) is 0 Å². The average molecular weight is 373 g/mol. The number of anilines is 2. The quantitative estimate of drug-likeness (QED) is 0.865. The van der Waals surface area contributed by atoms with Gasteiger partial charge in [-0.3, -0.25) is 4.79 Å². The first kappa shape index (κ1) is 18.7. The molecule has 0 atom stereocenters. The number of piperazine rings is 1. The van der Waals surface area contributed by atoms with Gasteiger partial charge >= 0.3 is 0 Å². The Labute approximate surface area is 160 Å². The van der Waals surface area contributed by atoms with Gasteiger partial charge in [0.1, 0.15) is 0 Å². The van der Waals surface area contributed by atoms with Crippen molar-refractivity contribution in [1.29, 1.82) is 0 Å². The van der Waals surface area contributed by atoms with Gasteiger partial charge < -0.3 is 15.1 Å². The van der Waals surface area contributed by atoms with E-state index in [1.165, 1.54) is 21.7 Å². The molecule has 26 heavy (non-hydrogen) atoms. The van der Waals surface area contributed by atoms with Gasteiger partial charge in [-0.25, -0.2) is 0 Å². The molecule has 2 N–H and O–H groups in total. The SMILES string of the molecule is Cc1ccc(Cl)cc1N1CC[NH+](CC(=O)Nc2cccc(C)c2C)CC1. The molecule has 4 nitrogen and oxygen atoms in total. The van der Waals surface area contributed by atoms with Gasteiger partial charge in [0.15, 0.2) is 6.54 Å². The zero-order valence-electron chi connectivity index (χ0n) is 15.7. The highest BCUT2D eigenvalue weighted by molar-refractivity contribution is 6.30. The van der Waals surface area contributed by atoms with Crippen molar-refractivity contribution >= 4 is 28.9 Å². The third kappa shape index (κ3) is 4.37. The van der Waals surface area contributed by atoms with E-state index in [1.807, 2.05) is 31.2 Å². The van der Waals surface area contributed by atoms with Crippen molar-refractivity contribution in [3.05, 3.63) is 58.1 Å². The van der Waals surface area contributed by atoms with Gasteiger partial charge in [0.2, 0.25) is 0 Å². The number of aryl methyl sites for hydroxylation is 2. The first-order valence-corrected chi connectivity index (χ1v) is 9.52. The van der Waals surface area contributed by atoms with E-state index in [9.17, 15) is 4.79 Å². The lowest BCUT2D eigenvalue weighted by Gasteiger charge is -2.34. The van der Waals surface area contributed by atoms with Crippen molar-refractivity contribution in [2.24, 2.45) is 0 Å². The molecule has 0 spiro atoms. The normalized spacial score (nSPS) is 15.2. The van der Waals surface area contributed by atoms with Crippen LogP contribution in [0, 0.1) is 20.8 Å². The number of quaternary nitrogens is 1. The van der Waals surface area contributed by atoms with E-state index < -0.39 is 0 Å². The average Bonchev–Trinajstić information content (AvgIpc) is 2.62. The number of hydrogen-bond acceptors (Lipinski definition) is 2. The minimum atomic E-state index is 0.0843. The van der Waals surface area contributed by atoms with E-state index in [1.54, 1.807) is 0 Å². The Bertz CT molecular complexity index is 798. The number of hydrogen-bond donors (Lipinski definition) is 2. The molecule has 1 saturated heterocycles. The third-order valence-corrected chi connectivity index (χ3v) is 5.51. The third-order valence-electron chi connectivity index (χ3n) is 5.27. The Morgan fingerprint density at radius 3 is 2.58 bits per heavy atom. The molecule has 138 valence electrons. The highest BCUT2D eigenvalue weighted by atomic mass is 35.5. The lowest BCUT2D eigenvalue weighted by molar-refractivity contribution is -0.892. The van der Waals surface area contributed by atoms with Gasteiger partial charge in [-0.15, -0.1) is 0 Å². The second-order valence-electron chi connectivity index (χ2n) is 7.14. The van der Waals surface area contributed by atoms with Crippen molar-refractivity contribution in [3.63, 3.8) is 0 Å². The monoisotopic (exact) mass is 372 g/mol. The number of carbonyl (C=O) groups is 1. The van der Waals surface area contributed by atoms with E-state index in [4.69, 9.17) is 11.6 Å². The van der Waals surface area contributed by atoms with Crippen LogP contribution in [-0.2, 0) is 4.79 Å². The molecule has 0 radical (unpaired) electrons. The Balaban J connectivity index is 1.54. The van der Waals surface area contributed by atoms with Crippen LogP contribution in [0.2, 0.25) is 5.02 Å². The largest absolute Gasteiger partial charge is 0.360 e. The van der Waals surface area contributed by atoms with E-state index in [0.29, 0.717) is 6.54 Å². The molecule has 1 amide bonds. The summed E-state index contributed by atoms with van der Waals surface area (Å²) in [5.74, 6) is 0.0843. The summed E-state index contributed by atoms with van der Waals surface area (Å²) in [6.07, 6.45) is 0. The van der Waals surface area contributed by atoms with Gasteiger partial charge in [0.25, 0.3) is 5.91 Å². The molecule has 5 heteroatoms. The Morgan fingerprint density at radius 2 is 1.85 bits per heavy atom. The van der Waals surface area contributed by atoms with Crippen LogP contribution in [0.4, 0.5) is 11.4 Å². The first-order valence-electron chi connectivity index (χ1n) is 9.15. The van der Waals surface area contributed by atoms with E-state index in [0.717, 1.165) is 42.5 Å². The Kier molecular flexibility index (Phi) is 5.84. The summed E-state index contributed by atoms with van der Waals surface area (Å²) in [5, 5.41) is 3.84. The number of carbonyl (C=O) groups excluding carboxylic acids is 1. The number of nitrogens with one attached hydrogen (secondary N) is 2. The summed E-state index contributed by atoms with van der Waals surface area (Å²) < 4.78 is 0. The van der Waals surface area contributed by atoms with E-state index in [-0.39, 0.29) is 5.91 Å². The van der Waals surface area contributed by atoms with Crippen molar-refractivity contribution in [2.45, 2.75) is 20.8 Å². The zero-order valence-corrected chi connectivity index (χ0v) is 16.5. The molecule has 0 saturated carbocycles. The fourth-order valence-corrected chi connectivity index (χ4v) is 3.64. The summed E-state index contributed by atoms with van der Waals surface area (Å²) >= 11 is 6.15. The molecule has 1 fully saturated rings. The molecule has 1 aliphatic rings. The summed E-state index contributed by atoms with van der Waals surface area (Å²) in [5.41, 5.74) is 5.70. The minimum absolute atomic E-state index is 0.0843. The number of halogens is 1. The first-order chi connectivity index (χ1) is 12.4. The molecule has 0 aliphatic carbocycles. The fraction of sp³-hybridized carbons (Fsp3) is 0.381. The van der Waals surface area contributed by atoms with Crippen LogP contribution < -0.4 is 15.1 Å². The molecule has 1 heterocycles. The summed E-state index contributed by atoms with van der Waals surface area (Å²) in [6, 6.07) is 12.0. The molecule has 2 aromatic carbocycles. The van der Waals surface area contributed by atoms with Crippen LogP contribution in [0.1, 0.15) is 16.7 Å². The van der Waals surface area contributed by atoms with E-state index in [2.05, 4.69) is 36.2 Å². The lowest BCUT2D eigenvalue weighted by atomic mass is 10.1. The fourth-order valence-electron chi connectivity index (χ4n) is 3.47. The van der Waals surface area contributed by atoms with Crippen LogP contribution in [0.3, 0.4) is 0 Å². The van der Waals surface area contributed by atoms with Gasteiger partial charge in [0, 0.05) is 16.4 Å². The van der Waals surface area contributed by atoms with Crippen LogP contribution in [0.5, 0.6) is 0 Å². The summed E-state index contributed by atoms with van der Waals surface area (Å²) in [4.78, 5) is 16.1. The van der Waals surface area contributed by atoms with Crippen LogP contribution in [0.25, 0.3) is 0 Å². The van der Waals surface area contributed by atoms with Crippen molar-refractivity contribution in [2.75, 3.05) is 42.9 Å². The highest BCUT2D eigenvalue weighted by Gasteiger charge is 2.23. The maximum Gasteiger partial charge on any atom is 0.279 e. The topological polar surface area (TPSA) is 36.8 Å². The Morgan fingerprint density at radius 1 is 1.12 bits per heavy atom. The van der Waals surface area contributed by atoms with E-state index >= 15 is 0 Å². The lowest BCUT2D eigenvalue weighted by Crippen LogP contribution is -3.15. The predicted molar refractivity (Wildman–Crippen MR) is 109 cm³/mol. The zero-order chi connectivity index (χ0) is 18.7. The second kappa shape index (κ2) is 8.11. The van der Waals surface area contributed by atoms with Gasteiger partial charge in [-0.1, -0.05) is 29.8 Å². The number of benzene rings is 2. The molecule has 2 aromatic rings. The second-order valence-corrected chi connectivity index (χ2v) is 7.58. The molecule has 3 rings (SSSR count). The standard InChI is InChI=1S/C21H26ClN3O/c1-15-5-4-6-19(17(15)3)23-21(26)14-24-9-11-25(12-10-24)20-13-18(22)8-7-16(20)2/h4-8,13H,9-12,14H2,1-3H3,(H,23,26)/p+1. The van der Waals surface area contributed by atoms with Gasteiger partial charge in [-0.2, -0.15) is 0 Å². The highest BCUT2D eigenvalue weighted by Crippen LogP contribution is 2.24. The van der Waals surface area contributed by atoms with Crippen molar-refractivity contribution < 1.29 is 9.69 Å². The molecule has 0 unspecified atom stereocenters. The smallest absolute Gasteiger partial charge is 0.279 e. The molecule has 0 bridgehead atoms. The molecular formula is C21H27ClN3O+. The van der Waals surface area contributed by atoms with Crippen LogP contribution in [0.15, 0.2) is 36.4 Å². The molecule has 0 aromatic heterocycles. The van der Waals surface area contributed by atoms with Gasteiger partial charge in [0.05, 0.1) is 26.2 Å². The number of nitrogens with zero attached hydrogens (tertiary/aromatic N) is 1. The molecule has 1 aliphatic heterocycles. The number of amides is 1. The molecular weight excluding hydrogens is 346 g/mol. The minimum Gasteiger partial charge on any atom is -0.360 e.